The maximum absolute atomic E-state index is 2.42. The predicted molar refractivity (Wildman–Crippen MR) is 190 cm³/mol. The van der Waals surface area contributed by atoms with Crippen LogP contribution < -0.4 is 15.3 Å². The lowest BCUT2D eigenvalue weighted by molar-refractivity contribution is 0.660. The molecule has 0 N–H and O–H groups in total. The van der Waals surface area contributed by atoms with E-state index in [1.54, 1.807) is 0 Å². The van der Waals surface area contributed by atoms with Crippen LogP contribution in [0.2, 0.25) is 39.3 Å². The summed E-state index contributed by atoms with van der Waals surface area (Å²) in [5.41, 5.74) is 11.6. The zero-order valence-corrected chi connectivity index (χ0v) is 28.4. The largest absolute Gasteiger partial charge is 0.310 e. The van der Waals surface area contributed by atoms with Gasteiger partial charge in [-0.1, -0.05) is 142 Å². The Balaban J connectivity index is 1.43. The molecule has 1 aliphatic carbocycles. The minimum atomic E-state index is -1.40. The molecule has 5 aromatic carbocycles. The van der Waals surface area contributed by atoms with Crippen LogP contribution in [0.1, 0.15) is 25.0 Å². The highest BCUT2D eigenvalue weighted by Gasteiger charge is 2.35. The minimum Gasteiger partial charge on any atom is -0.310 e. The van der Waals surface area contributed by atoms with Crippen molar-refractivity contribution in [3.63, 3.8) is 0 Å². The van der Waals surface area contributed by atoms with Gasteiger partial charge >= 0.3 is 0 Å². The predicted octanol–water partition coefficient (Wildman–Crippen LogP) is 10.2. The van der Waals surface area contributed by atoms with Crippen LogP contribution in [0.4, 0.5) is 17.1 Å². The third kappa shape index (κ3) is 5.10. The Kier molecular flexibility index (Phi) is 6.95. The van der Waals surface area contributed by atoms with Crippen LogP contribution >= 0.6 is 0 Å². The first kappa shape index (κ1) is 28.5. The summed E-state index contributed by atoms with van der Waals surface area (Å²) in [6, 6.07) is 43.6. The molecule has 0 spiro atoms. The van der Waals surface area contributed by atoms with Crippen LogP contribution in [0.15, 0.2) is 115 Å². The summed E-state index contributed by atoms with van der Waals surface area (Å²) >= 11 is 0. The zero-order valence-electron chi connectivity index (χ0n) is 26.4. The molecule has 0 amide bonds. The average molecular weight is 582 g/mol. The molecule has 0 fully saturated rings. The Morgan fingerprint density at radius 1 is 0.452 bits per heavy atom. The third-order valence-corrected chi connectivity index (χ3v) is 13.2. The minimum absolute atomic E-state index is 0.0404. The Labute approximate surface area is 254 Å². The first-order valence-electron chi connectivity index (χ1n) is 15.2. The summed E-state index contributed by atoms with van der Waals surface area (Å²) in [7, 11) is -2.71. The number of hydrogen-bond donors (Lipinski definition) is 0. The summed E-state index contributed by atoms with van der Waals surface area (Å²) in [5, 5.41) is 2.98. The Morgan fingerprint density at radius 3 is 1.43 bits per heavy atom. The van der Waals surface area contributed by atoms with Gasteiger partial charge in [-0.15, -0.1) is 0 Å². The quantitative estimate of drug-likeness (QED) is 0.180. The van der Waals surface area contributed by atoms with Gasteiger partial charge in [0.25, 0.3) is 0 Å². The molecule has 212 valence electrons. The summed E-state index contributed by atoms with van der Waals surface area (Å²) in [5.74, 6) is 0. The molecule has 1 nitrogen and oxygen atoms in total. The van der Waals surface area contributed by atoms with Gasteiger partial charge in [-0.2, -0.15) is 0 Å². The molecule has 0 aliphatic heterocycles. The fourth-order valence-electron chi connectivity index (χ4n) is 6.35. The Morgan fingerprint density at radius 2 is 0.881 bits per heavy atom. The number of fused-ring (bicyclic) bond motifs is 3. The smallest absolute Gasteiger partial charge is 0.0775 e. The first-order chi connectivity index (χ1) is 19.8. The van der Waals surface area contributed by atoms with Crippen molar-refractivity contribution in [3.8, 4) is 22.3 Å². The van der Waals surface area contributed by atoms with E-state index in [-0.39, 0.29) is 5.41 Å². The van der Waals surface area contributed by atoms with Gasteiger partial charge in [-0.3, -0.25) is 0 Å². The van der Waals surface area contributed by atoms with Crippen LogP contribution in [0.5, 0.6) is 0 Å². The highest BCUT2D eigenvalue weighted by Crippen LogP contribution is 2.50. The lowest BCUT2D eigenvalue weighted by Crippen LogP contribution is -2.37. The Hall–Kier alpha value is -3.67. The molecule has 1 aliphatic rings. The van der Waals surface area contributed by atoms with E-state index in [0.717, 1.165) is 0 Å². The van der Waals surface area contributed by atoms with E-state index in [1.807, 2.05) is 0 Å². The maximum atomic E-state index is 2.42. The van der Waals surface area contributed by atoms with Gasteiger partial charge in [0.15, 0.2) is 0 Å². The van der Waals surface area contributed by atoms with Gasteiger partial charge in [0.1, 0.15) is 0 Å². The van der Waals surface area contributed by atoms with Crippen molar-refractivity contribution in [1.29, 1.82) is 0 Å². The van der Waals surface area contributed by atoms with Crippen LogP contribution in [0.25, 0.3) is 22.3 Å². The molecule has 0 bridgehead atoms. The standard InChI is InChI=1S/C39H43NSi2/c1-39(2)37-12-10-9-11-35(37)36-26-21-32(27-38(36)39)40(31-19-24-34(25-20-31)42(6,7)8)30-17-13-28(14-18-30)29-15-22-33(23-16-29)41(3,4)5/h9-27H,1-8H3. The summed E-state index contributed by atoms with van der Waals surface area (Å²) in [4.78, 5) is 2.42. The molecular weight excluding hydrogens is 539 g/mol. The van der Waals surface area contributed by atoms with Gasteiger partial charge < -0.3 is 4.90 Å². The SMILES string of the molecule is CC1(C)c2ccccc2-c2ccc(N(c3ccc(-c4ccc([Si](C)(C)C)cc4)cc3)c3ccc([Si](C)(C)C)cc3)cc21. The molecule has 42 heavy (non-hydrogen) atoms. The van der Waals surface area contributed by atoms with E-state index in [0.29, 0.717) is 0 Å². The normalized spacial score (nSPS) is 13.9. The molecule has 0 saturated carbocycles. The van der Waals surface area contributed by atoms with Crippen molar-refractivity contribution >= 4 is 43.6 Å². The van der Waals surface area contributed by atoms with E-state index < -0.39 is 16.1 Å². The van der Waals surface area contributed by atoms with Crippen LogP contribution in [0.3, 0.4) is 0 Å². The van der Waals surface area contributed by atoms with E-state index in [2.05, 4.69) is 173 Å². The van der Waals surface area contributed by atoms with Crippen LogP contribution in [-0.4, -0.2) is 16.1 Å². The molecular formula is C39H43NSi2. The monoisotopic (exact) mass is 581 g/mol. The van der Waals surface area contributed by atoms with Crippen molar-refractivity contribution in [2.24, 2.45) is 0 Å². The molecule has 6 rings (SSSR count). The fourth-order valence-corrected chi connectivity index (χ4v) is 8.69. The molecule has 0 aromatic heterocycles. The van der Waals surface area contributed by atoms with Crippen LogP contribution in [-0.2, 0) is 5.41 Å². The molecule has 0 radical (unpaired) electrons. The molecule has 0 saturated heterocycles. The highest BCUT2D eigenvalue weighted by atomic mass is 28.3. The number of benzene rings is 5. The molecule has 3 heteroatoms. The fraction of sp³-hybridized carbons (Fsp3) is 0.231. The molecule has 0 heterocycles. The van der Waals surface area contributed by atoms with Crippen molar-refractivity contribution < 1.29 is 0 Å². The van der Waals surface area contributed by atoms with Crippen molar-refractivity contribution in [3.05, 3.63) is 126 Å². The van der Waals surface area contributed by atoms with Gasteiger partial charge in [0.05, 0.1) is 16.1 Å². The molecule has 0 unspecified atom stereocenters. The maximum Gasteiger partial charge on any atom is 0.0775 e. The van der Waals surface area contributed by atoms with Crippen molar-refractivity contribution in [1.82, 2.24) is 0 Å². The molecule has 0 atom stereocenters. The average Bonchev–Trinajstić information content (AvgIpc) is 3.19. The summed E-state index contributed by atoms with van der Waals surface area (Å²) < 4.78 is 0. The lowest BCUT2D eigenvalue weighted by atomic mass is 9.82. The van der Waals surface area contributed by atoms with Crippen molar-refractivity contribution in [2.45, 2.75) is 58.5 Å². The number of anilines is 3. The number of hydrogen-bond acceptors (Lipinski definition) is 1. The number of nitrogens with zero attached hydrogens (tertiary/aromatic N) is 1. The third-order valence-electron chi connectivity index (χ3n) is 9.03. The second-order valence-electron chi connectivity index (χ2n) is 14.4. The lowest BCUT2D eigenvalue weighted by Gasteiger charge is -2.29. The second kappa shape index (κ2) is 10.3. The van der Waals surface area contributed by atoms with Gasteiger partial charge in [-0.05, 0) is 69.8 Å². The Bertz CT molecular complexity index is 1730. The second-order valence-corrected chi connectivity index (χ2v) is 24.6. The zero-order chi connectivity index (χ0) is 29.9. The van der Waals surface area contributed by atoms with Gasteiger partial charge in [-0.25, -0.2) is 0 Å². The van der Waals surface area contributed by atoms with E-state index >= 15 is 0 Å². The topological polar surface area (TPSA) is 3.24 Å². The molecule has 5 aromatic rings. The van der Waals surface area contributed by atoms with Gasteiger partial charge in [0.2, 0.25) is 0 Å². The summed E-state index contributed by atoms with van der Waals surface area (Å²) in [6.07, 6.45) is 0. The first-order valence-corrected chi connectivity index (χ1v) is 22.2. The van der Waals surface area contributed by atoms with E-state index in [1.165, 1.54) is 60.8 Å². The van der Waals surface area contributed by atoms with Gasteiger partial charge in [0, 0.05) is 22.5 Å². The summed E-state index contributed by atoms with van der Waals surface area (Å²) in [6.45, 7) is 19.2. The van der Waals surface area contributed by atoms with E-state index in [4.69, 9.17) is 0 Å². The highest BCUT2D eigenvalue weighted by molar-refractivity contribution is 6.89. The van der Waals surface area contributed by atoms with E-state index in [9.17, 15) is 0 Å². The number of rotatable bonds is 6. The van der Waals surface area contributed by atoms with Crippen molar-refractivity contribution in [2.75, 3.05) is 4.90 Å². The van der Waals surface area contributed by atoms with Crippen LogP contribution in [0, 0.1) is 0 Å².